The lowest BCUT2D eigenvalue weighted by Gasteiger charge is -2.56. The minimum atomic E-state index is -0.711. The zero-order valence-electron chi connectivity index (χ0n) is 19.4. The predicted molar refractivity (Wildman–Crippen MR) is 124 cm³/mol. The summed E-state index contributed by atoms with van der Waals surface area (Å²) in [4.78, 5) is 32.5. The molecule has 7 rings (SSSR count). The largest absolute Gasteiger partial charge is 0.390 e. The molecule has 4 bridgehead atoms. The minimum absolute atomic E-state index is 0.0956. The Bertz CT molecular complexity index is 1060. The summed E-state index contributed by atoms with van der Waals surface area (Å²) in [6.45, 7) is 3.59. The summed E-state index contributed by atoms with van der Waals surface area (Å²) in [6, 6.07) is 5.46. The van der Waals surface area contributed by atoms with Gasteiger partial charge in [0.2, 0.25) is 0 Å². The van der Waals surface area contributed by atoms with E-state index in [0.29, 0.717) is 43.0 Å². The van der Waals surface area contributed by atoms with Crippen LogP contribution < -0.4 is 5.32 Å². The number of aliphatic hydroxyl groups is 1. The van der Waals surface area contributed by atoms with Gasteiger partial charge in [-0.05, 0) is 93.6 Å². The van der Waals surface area contributed by atoms with Crippen molar-refractivity contribution in [2.75, 3.05) is 19.6 Å². The van der Waals surface area contributed by atoms with Crippen LogP contribution in [0.3, 0.4) is 0 Å². The number of carbonyl (C=O) groups excluding carboxylic acids is 2. The second kappa shape index (κ2) is 7.55. The molecular weight excluding hydrogens is 416 g/mol. The van der Waals surface area contributed by atoms with E-state index in [9.17, 15) is 14.7 Å². The highest BCUT2D eigenvalue weighted by atomic mass is 16.3. The third-order valence-corrected chi connectivity index (χ3v) is 8.86. The molecule has 176 valence electrons. The summed E-state index contributed by atoms with van der Waals surface area (Å²) >= 11 is 0. The topological polar surface area (TPSA) is 86.9 Å². The Kier molecular flexibility index (Phi) is 4.84. The van der Waals surface area contributed by atoms with Crippen LogP contribution in [0.2, 0.25) is 0 Å². The standard InChI is InChI=1S/C26H34N4O3/c1-25(33)5-7-29(8-6-25)24(32)20-15-30-21(3-2-4-22(30)28-20)23(31)27-16-26-12-17-9-18(13-26)11-19(10-17)14-26/h2-4,15,17-19,33H,5-14,16H2,1H3,(H,27,31). The van der Waals surface area contributed by atoms with Crippen molar-refractivity contribution in [3.8, 4) is 0 Å². The Morgan fingerprint density at radius 1 is 1.09 bits per heavy atom. The van der Waals surface area contributed by atoms with Gasteiger partial charge in [0, 0.05) is 25.8 Å². The van der Waals surface area contributed by atoms with E-state index in [1.54, 1.807) is 21.6 Å². The van der Waals surface area contributed by atoms with Crippen LogP contribution in [0.15, 0.2) is 24.4 Å². The summed E-state index contributed by atoms with van der Waals surface area (Å²) in [5, 5.41) is 13.4. The zero-order valence-corrected chi connectivity index (χ0v) is 19.4. The van der Waals surface area contributed by atoms with E-state index in [1.165, 1.54) is 38.5 Å². The smallest absolute Gasteiger partial charge is 0.274 e. The van der Waals surface area contributed by atoms with Crippen molar-refractivity contribution in [1.82, 2.24) is 19.6 Å². The van der Waals surface area contributed by atoms with Gasteiger partial charge in [0.05, 0.1) is 5.60 Å². The quantitative estimate of drug-likeness (QED) is 0.749. The van der Waals surface area contributed by atoms with Gasteiger partial charge in [-0.1, -0.05) is 6.07 Å². The van der Waals surface area contributed by atoms with Crippen LogP contribution >= 0.6 is 0 Å². The molecular formula is C26H34N4O3. The lowest BCUT2D eigenvalue weighted by atomic mass is 9.49. The van der Waals surface area contributed by atoms with Crippen LogP contribution in [0.25, 0.3) is 5.65 Å². The van der Waals surface area contributed by atoms with E-state index in [1.807, 2.05) is 19.1 Å². The first-order chi connectivity index (χ1) is 15.8. The molecule has 4 saturated carbocycles. The molecule has 2 amide bonds. The SMILES string of the molecule is CC1(O)CCN(C(=O)c2cn3c(C(=O)NCC45CC6CC(CC(C6)C4)C5)cccc3n2)CC1. The molecule has 4 aliphatic carbocycles. The Morgan fingerprint density at radius 2 is 1.73 bits per heavy atom. The summed E-state index contributed by atoms with van der Waals surface area (Å²) < 4.78 is 1.74. The van der Waals surface area contributed by atoms with Crippen molar-refractivity contribution >= 4 is 17.5 Å². The van der Waals surface area contributed by atoms with Gasteiger partial charge in [-0.3, -0.25) is 14.0 Å². The lowest BCUT2D eigenvalue weighted by molar-refractivity contribution is -0.0503. The highest BCUT2D eigenvalue weighted by Crippen LogP contribution is 2.59. The number of aromatic nitrogens is 2. The lowest BCUT2D eigenvalue weighted by Crippen LogP contribution is -2.51. The number of piperidine rings is 1. The molecule has 5 aliphatic rings. The fourth-order valence-electron chi connectivity index (χ4n) is 7.52. The first-order valence-corrected chi connectivity index (χ1v) is 12.6. The van der Waals surface area contributed by atoms with Gasteiger partial charge in [-0.25, -0.2) is 4.98 Å². The van der Waals surface area contributed by atoms with E-state index in [-0.39, 0.29) is 17.2 Å². The van der Waals surface area contributed by atoms with Crippen LogP contribution in [-0.4, -0.2) is 56.4 Å². The molecule has 0 aromatic carbocycles. The molecule has 0 unspecified atom stereocenters. The predicted octanol–water partition coefficient (Wildman–Crippen LogP) is 3.27. The number of rotatable bonds is 4. The summed E-state index contributed by atoms with van der Waals surface area (Å²) in [6.07, 6.45) is 10.8. The van der Waals surface area contributed by atoms with E-state index < -0.39 is 5.60 Å². The second-order valence-electron chi connectivity index (χ2n) is 11.7. The van der Waals surface area contributed by atoms with Gasteiger partial charge in [-0.2, -0.15) is 0 Å². The first-order valence-electron chi connectivity index (χ1n) is 12.6. The molecule has 2 aromatic rings. The number of nitrogens with zero attached hydrogens (tertiary/aromatic N) is 3. The summed E-state index contributed by atoms with van der Waals surface area (Å²) in [5.74, 6) is 2.34. The maximum absolute atomic E-state index is 13.2. The molecule has 3 heterocycles. The number of hydrogen-bond donors (Lipinski definition) is 2. The van der Waals surface area contributed by atoms with E-state index in [0.717, 1.165) is 24.3 Å². The average molecular weight is 451 g/mol. The Hall–Kier alpha value is -2.41. The van der Waals surface area contributed by atoms with Crippen molar-refractivity contribution < 1.29 is 14.7 Å². The zero-order chi connectivity index (χ0) is 22.8. The highest BCUT2D eigenvalue weighted by molar-refractivity contribution is 5.95. The number of pyridine rings is 1. The fraction of sp³-hybridized carbons (Fsp3) is 0.654. The number of likely N-dealkylation sites (tertiary alicyclic amines) is 1. The number of fused-ring (bicyclic) bond motifs is 1. The Balaban J connectivity index is 1.18. The second-order valence-corrected chi connectivity index (χ2v) is 11.7. The number of carbonyl (C=O) groups is 2. The molecule has 7 heteroatoms. The van der Waals surface area contributed by atoms with Gasteiger partial charge >= 0.3 is 0 Å². The van der Waals surface area contributed by atoms with Crippen molar-refractivity contribution in [2.45, 2.75) is 63.9 Å². The molecule has 33 heavy (non-hydrogen) atoms. The van der Waals surface area contributed by atoms with Crippen LogP contribution in [0.4, 0.5) is 0 Å². The van der Waals surface area contributed by atoms with Gasteiger partial charge in [-0.15, -0.1) is 0 Å². The van der Waals surface area contributed by atoms with Crippen molar-refractivity contribution in [2.24, 2.45) is 23.2 Å². The molecule has 2 N–H and O–H groups in total. The van der Waals surface area contributed by atoms with Crippen molar-refractivity contribution in [3.63, 3.8) is 0 Å². The molecule has 7 nitrogen and oxygen atoms in total. The third-order valence-electron chi connectivity index (χ3n) is 8.86. The normalized spacial score (nSPS) is 32.3. The molecule has 1 saturated heterocycles. The van der Waals surface area contributed by atoms with Gasteiger partial charge < -0.3 is 15.3 Å². The van der Waals surface area contributed by atoms with Crippen LogP contribution in [0, 0.1) is 23.2 Å². The first kappa shape index (κ1) is 21.1. The van der Waals surface area contributed by atoms with Crippen LogP contribution in [-0.2, 0) is 0 Å². The minimum Gasteiger partial charge on any atom is -0.390 e. The molecule has 0 spiro atoms. The van der Waals surface area contributed by atoms with Gasteiger partial charge in [0.15, 0.2) is 0 Å². The van der Waals surface area contributed by atoms with Crippen LogP contribution in [0.5, 0.6) is 0 Å². The van der Waals surface area contributed by atoms with E-state index in [2.05, 4.69) is 10.3 Å². The highest BCUT2D eigenvalue weighted by Gasteiger charge is 2.50. The van der Waals surface area contributed by atoms with Crippen molar-refractivity contribution in [3.05, 3.63) is 35.8 Å². The maximum Gasteiger partial charge on any atom is 0.274 e. The third kappa shape index (κ3) is 3.84. The number of nitrogens with one attached hydrogen (secondary N) is 1. The summed E-state index contributed by atoms with van der Waals surface area (Å²) in [7, 11) is 0. The molecule has 1 aliphatic heterocycles. The monoisotopic (exact) mass is 450 g/mol. The van der Waals surface area contributed by atoms with Gasteiger partial charge in [0.25, 0.3) is 11.8 Å². The fourth-order valence-corrected chi connectivity index (χ4v) is 7.52. The summed E-state index contributed by atoms with van der Waals surface area (Å²) in [5.41, 5.74) is 1.04. The van der Waals surface area contributed by atoms with E-state index in [4.69, 9.17) is 0 Å². The molecule has 5 fully saturated rings. The van der Waals surface area contributed by atoms with E-state index >= 15 is 0 Å². The Labute approximate surface area is 194 Å². The van der Waals surface area contributed by atoms with Gasteiger partial charge in [0.1, 0.15) is 17.0 Å². The molecule has 2 aromatic heterocycles. The molecule has 0 atom stereocenters. The number of amides is 2. The average Bonchev–Trinajstić information content (AvgIpc) is 3.21. The van der Waals surface area contributed by atoms with Crippen molar-refractivity contribution in [1.29, 1.82) is 0 Å². The Morgan fingerprint density at radius 3 is 2.36 bits per heavy atom. The maximum atomic E-state index is 13.2. The number of hydrogen-bond acceptors (Lipinski definition) is 4. The van der Waals surface area contributed by atoms with Crippen LogP contribution in [0.1, 0.15) is 79.3 Å². The molecule has 0 radical (unpaired) electrons. The number of imidazole rings is 1.